The molecule has 11 nitrogen and oxygen atoms in total. The van der Waals surface area contributed by atoms with Gasteiger partial charge >= 0.3 is 13.4 Å². The predicted molar refractivity (Wildman–Crippen MR) is 93.0 cm³/mol. The fourth-order valence-corrected chi connectivity index (χ4v) is 3.13. The van der Waals surface area contributed by atoms with Gasteiger partial charge in [-0.1, -0.05) is 0 Å². The molecule has 3 unspecified atom stereocenters. The van der Waals surface area contributed by atoms with Crippen molar-refractivity contribution in [3.8, 4) is 0 Å². The van der Waals surface area contributed by atoms with Crippen molar-refractivity contribution in [2.24, 2.45) is 0 Å². The fourth-order valence-electron chi connectivity index (χ4n) is 2.30. The summed E-state index contributed by atoms with van der Waals surface area (Å²) in [7, 11) is -0.0552. The van der Waals surface area contributed by atoms with Gasteiger partial charge in [0.1, 0.15) is 11.8 Å². The van der Waals surface area contributed by atoms with Gasteiger partial charge in [0.2, 0.25) is 0 Å². The van der Waals surface area contributed by atoms with E-state index < -0.39 is 36.9 Å². The zero-order valence-corrected chi connectivity index (χ0v) is 16.3. The van der Waals surface area contributed by atoms with Gasteiger partial charge in [-0.2, -0.15) is 0 Å². The summed E-state index contributed by atoms with van der Waals surface area (Å²) in [4.78, 5) is 34.8. The minimum Gasteiger partial charge on any atom is -0.382 e. The van der Waals surface area contributed by atoms with Crippen LogP contribution in [0, 0.1) is 0 Å². The van der Waals surface area contributed by atoms with E-state index in [9.17, 15) is 19.0 Å². The maximum atomic E-state index is 11.8. The molecule has 12 heteroatoms. The molecule has 3 N–H and O–H groups in total. The van der Waals surface area contributed by atoms with E-state index in [1.807, 2.05) is 0 Å². The van der Waals surface area contributed by atoms with E-state index in [4.69, 9.17) is 14.2 Å². The molecule has 1 rings (SSSR count). The topological polar surface area (TPSA) is 141 Å². The maximum Gasteiger partial charge on any atom is 0.403 e. The van der Waals surface area contributed by atoms with Crippen LogP contribution in [-0.4, -0.2) is 60.6 Å². The standard InChI is InChI=1S/C14H26N3O8P/c1-10(16-26(20,21)24-5)14(23-4,8-22-3)9-25-11(2)17-7-6-12(18)15-13(17)19/h6-7,10-11H,8-9H2,1-5H3,(H,15,18,19)(H2,16,20,21)/t10?,11-,14?/m0/s1. The average Bonchev–Trinajstić information content (AvgIpc) is 2.58. The Morgan fingerprint density at radius 3 is 2.46 bits per heavy atom. The lowest BCUT2D eigenvalue weighted by Gasteiger charge is -2.38. The summed E-state index contributed by atoms with van der Waals surface area (Å²) in [6.45, 7) is 3.18. The first kappa shape index (κ1) is 22.7. The van der Waals surface area contributed by atoms with Crippen molar-refractivity contribution in [3.05, 3.63) is 33.1 Å². The van der Waals surface area contributed by atoms with E-state index >= 15 is 0 Å². The normalized spacial score (nSPS) is 18.7. The summed E-state index contributed by atoms with van der Waals surface area (Å²) in [5.74, 6) is 0. The Morgan fingerprint density at radius 1 is 1.31 bits per heavy atom. The lowest BCUT2D eigenvalue weighted by Crippen LogP contribution is -2.56. The predicted octanol–water partition coefficient (Wildman–Crippen LogP) is -0.172. The second-order valence-electron chi connectivity index (χ2n) is 5.68. The van der Waals surface area contributed by atoms with Crippen LogP contribution in [0.5, 0.6) is 0 Å². The Hall–Kier alpha value is -1.33. The molecule has 0 aliphatic carbocycles. The first-order valence-electron chi connectivity index (χ1n) is 7.74. The molecular formula is C14H26N3O8P. The van der Waals surface area contributed by atoms with E-state index in [-0.39, 0.29) is 13.2 Å². The number of methoxy groups -OCH3 is 2. The molecule has 4 atom stereocenters. The van der Waals surface area contributed by atoms with Gasteiger partial charge in [0.05, 0.1) is 13.2 Å². The summed E-state index contributed by atoms with van der Waals surface area (Å²) in [6, 6.07) is 0.493. The van der Waals surface area contributed by atoms with Crippen molar-refractivity contribution >= 4 is 7.75 Å². The van der Waals surface area contributed by atoms with Crippen LogP contribution in [-0.2, 0) is 23.3 Å². The summed E-state index contributed by atoms with van der Waals surface area (Å²) in [5, 5.41) is 2.45. The van der Waals surface area contributed by atoms with Gasteiger partial charge < -0.3 is 23.6 Å². The number of hydrogen-bond donors (Lipinski definition) is 3. The number of nitrogens with zero attached hydrogens (tertiary/aromatic N) is 1. The van der Waals surface area contributed by atoms with Gasteiger partial charge in [-0.15, -0.1) is 0 Å². The molecular weight excluding hydrogens is 369 g/mol. The minimum atomic E-state index is -4.02. The Balaban J connectivity index is 2.97. The molecule has 0 aliphatic heterocycles. The monoisotopic (exact) mass is 395 g/mol. The second kappa shape index (κ2) is 9.56. The van der Waals surface area contributed by atoms with E-state index in [0.29, 0.717) is 0 Å². The Labute approximate surface area is 150 Å². The molecule has 1 aromatic rings. The summed E-state index contributed by atoms with van der Waals surface area (Å²) in [6.07, 6.45) is 0.576. The molecule has 1 aromatic heterocycles. The highest BCUT2D eigenvalue weighted by Gasteiger charge is 2.41. The highest BCUT2D eigenvalue weighted by atomic mass is 31.2. The van der Waals surface area contributed by atoms with Gasteiger partial charge in [0.15, 0.2) is 0 Å². The number of aromatic amines is 1. The average molecular weight is 395 g/mol. The molecule has 0 amide bonds. The molecule has 0 bridgehead atoms. The van der Waals surface area contributed by atoms with Crippen LogP contribution >= 0.6 is 7.75 Å². The van der Waals surface area contributed by atoms with Crippen molar-refractivity contribution in [3.63, 3.8) is 0 Å². The number of nitrogens with one attached hydrogen (secondary N) is 2. The Bertz CT molecular complexity index is 735. The van der Waals surface area contributed by atoms with Gasteiger partial charge in [0.25, 0.3) is 5.56 Å². The van der Waals surface area contributed by atoms with Crippen LogP contribution in [0.2, 0.25) is 0 Å². The number of rotatable bonds is 11. The van der Waals surface area contributed by atoms with Crippen LogP contribution in [0.1, 0.15) is 20.1 Å². The lowest BCUT2D eigenvalue weighted by molar-refractivity contribution is -0.146. The van der Waals surface area contributed by atoms with Gasteiger partial charge in [-0.25, -0.2) is 14.4 Å². The minimum absolute atomic E-state index is 0.0363. The van der Waals surface area contributed by atoms with Crippen molar-refractivity contribution in [1.29, 1.82) is 0 Å². The molecule has 0 radical (unpaired) electrons. The SMILES string of the molecule is COCC(CO[C@@H](C)n1ccc(=O)[nH]c1=O)(OC)C(C)NP(=O)(O)OC. The highest BCUT2D eigenvalue weighted by molar-refractivity contribution is 7.50. The lowest BCUT2D eigenvalue weighted by atomic mass is 9.98. The molecule has 1 heterocycles. The van der Waals surface area contributed by atoms with Crippen LogP contribution in [0.15, 0.2) is 21.9 Å². The highest BCUT2D eigenvalue weighted by Crippen LogP contribution is 2.38. The fraction of sp³-hybridized carbons (Fsp3) is 0.714. The number of ether oxygens (including phenoxy) is 3. The van der Waals surface area contributed by atoms with Crippen molar-refractivity contribution in [1.82, 2.24) is 14.6 Å². The Morgan fingerprint density at radius 2 is 1.96 bits per heavy atom. The number of aromatic nitrogens is 2. The number of H-pyrrole nitrogens is 1. The quantitative estimate of drug-likeness (QED) is 0.435. The van der Waals surface area contributed by atoms with E-state index in [1.54, 1.807) is 13.8 Å². The molecule has 0 aromatic carbocycles. The van der Waals surface area contributed by atoms with E-state index in [1.165, 1.54) is 31.0 Å². The maximum absolute atomic E-state index is 11.8. The van der Waals surface area contributed by atoms with Crippen LogP contribution in [0.3, 0.4) is 0 Å². The molecule has 0 spiro atoms. The number of hydrogen-bond acceptors (Lipinski definition) is 7. The van der Waals surface area contributed by atoms with Crippen molar-refractivity contribution in [2.45, 2.75) is 31.7 Å². The first-order chi connectivity index (χ1) is 12.1. The smallest absolute Gasteiger partial charge is 0.382 e. The zero-order chi connectivity index (χ0) is 20.0. The summed E-state index contributed by atoms with van der Waals surface area (Å²) < 4.78 is 33.9. The van der Waals surface area contributed by atoms with Gasteiger partial charge in [0, 0.05) is 39.6 Å². The summed E-state index contributed by atoms with van der Waals surface area (Å²) in [5.41, 5.74) is -2.28. The Kier molecular flexibility index (Phi) is 8.35. The van der Waals surface area contributed by atoms with E-state index in [2.05, 4.69) is 14.6 Å². The van der Waals surface area contributed by atoms with Crippen LogP contribution in [0.25, 0.3) is 0 Å². The molecule has 0 fully saturated rings. The third-order valence-electron chi connectivity index (χ3n) is 4.00. The van der Waals surface area contributed by atoms with E-state index in [0.717, 1.165) is 7.11 Å². The van der Waals surface area contributed by atoms with Crippen molar-refractivity contribution in [2.75, 3.05) is 34.5 Å². The molecule has 150 valence electrons. The molecule has 0 saturated carbocycles. The second-order valence-corrected chi connectivity index (χ2v) is 7.35. The van der Waals surface area contributed by atoms with Gasteiger partial charge in [-0.3, -0.25) is 14.3 Å². The third kappa shape index (κ3) is 5.85. The molecule has 0 aliphatic rings. The van der Waals surface area contributed by atoms with Crippen LogP contribution in [0.4, 0.5) is 0 Å². The zero-order valence-electron chi connectivity index (χ0n) is 15.4. The molecule has 0 saturated heterocycles. The third-order valence-corrected chi connectivity index (χ3v) is 5.21. The van der Waals surface area contributed by atoms with Gasteiger partial charge in [-0.05, 0) is 13.8 Å². The first-order valence-corrected chi connectivity index (χ1v) is 9.32. The van der Waals surface area contributed by atoms with Crippen LogP contribution < -0.4 is 16.3 Å². The molecule has 26 heavy (non-hydrogen) atoms. The largest absolute Gasteiger partial charge is 0.403 e. The van der Waals surface area contributed by atoms with Crippen molar-refractivity contribution < 1.29 is 28.2 Å². The summed E-state index contributed by atoms with van der Waals surface area (Å²) >= 11 is 0.